The minimum absolute atomic E-state index is 0.0664. The van der Waals surface area contributed by atoms with Gasteiger partial charge in [0.2, 0.25) is 0 Å². The lowest BCUT2D eigenvalue weighted by Gasteiger charge is -2.30. The fraction of sp³-hybridized carbons (Fsp3) is 0.600. The fourth-order valence-electron chi connectivity index (χ4n) is 5.55. The van der Waals surface area contributed by atoms with E-state index in [2.05, 4.69) is 62.4 Å². The largest absolute Gasteiger partial charge is 0.373 e. The molecule has 2 atom stereocenters. The summed E-state index contributed by atoms with van der Waals surface area (Å²) in [6.45, 7) is 5.95. The van der Waals surface area contributed by atoms with Crippen molar-refractivity contribution in [2.45, 2.75) is 96.2 Å². The van der Waals surface area contributed by atoms with Crippen molar-refractivity contribution < 1.29 is 9.47 Å². The van der Waals surface area contributed by atoms with Gasteiger partial charge < -0.3 is 9.47 Å². The smallest absolute Gasteiger partial charge is 0.106 e. The minimum Gasteiger partial charge on any atom is -0.373 e. The van der Waals surface area contributed by atoms with Crippen LogP contribution in [0, 0.1) is 5.92 Å². The zero-order valence-corrected chi connectivity index (χ0v) is 20.2. The maximum absolute atomic E-state index is 6.13. The van der Waals surface area contributed by atoms with Gasteiger partial charge in [0.05, 0.1) is 19.3 Å². The summed E-state index contributed by atoms with van der Waals surface area (Å²) in [7, 11) is 0. The molecule has 1 saturated carbocycles. The quantitative estimate of drug-likeness (QED) is 0.368. The fourth-order valence-corrected chi connectivity index (χ4v) is 5.55. The van der Waals surface area contributed by atoms with Crippen molar-refractivity contribution in [1.29, 1.82) is 0 Å². The summed E-state index contributed by atoms with van der Waals surface area (Å²) in [4.78, 5) is 0. The van der Waals surface area contributed by atoms with Crippen LogP contribution in [0.3, 0.4) is 0 Å². The van der Waals surface area contributed by atoms with E-state index in [1.165, 1.54) is 80.0 Å². The monoisotopic (exact) mass is 434 g/mol. The second kappa shape index (κ2) is 12.0. The predicted octanol–water partition coefficient (Wildman–Crippen LogP) is 8.46. The van der Waals surface area contributed by atoms with Gasteiger partial charge in [-0.2, -0.15) is 0 Å². The van der Waals surface area contributed by atoms with E-state index >= 15 is 0 Å². The molecule has 0 bridgehead atoms. The molecular formula is C30H42O2. The zero-order valence-electron chi connectivity index (χ0n) is 20.2. The number of rotatable bonds is 9. The molecule has 1 aliphatic carbocycles. The second-order valence-electron chi connectivity index (χ2n) is 10.0. The van der Waals surface area contributed by atoms with Crippen LogP contribution in [0.25, 0.3) is 11.1 Å². The molecule has 0 radical (unpaired) electrons. The van der Waals surface area contributed by atoms with Gasteiger partial charge in [-0.15, -0.1) is 0 Å². The van der Waals surface area contributed by atoms with Crippen molar-refractivity contribution in [3.05, 3.63) is 59.7 Å². The Labute approximate surface area is 195 Å². The van der Waals surface area contributed by atoms with Gasteiger partial charge >= 0.3 is 0 Å². The third-order valence-corrected chi connectivity index (χ3v) is 7.64. The van der Waals surface area contributed by atoms with Crippen LogP contribution in [0.15, 0.2) is 48.5 Å². The van der Waals surface area contributed by atoms with Crippen LogP contribution in [0.4, 0.5) is 0 Å². The number of hydrogen-bond donors (Lipinski definition) is 0. The topological polar surface area (TPSA) is 18.5 Å². The van der Waals surface area contributed by atoms with Crippen LogP contribution >= 0.6 is 0 Å². The molecule has 174 valence electrons. The van der Waals surface area contributed by atoms with Crippen molar-refractivity contribution in [2.75, 3.05) is 13.2 Å². The number of ether oxygens (including phenoxy) is 2. The molecule has 2 aliphatic rings. The third-order valence-electron chi connectivity index (χ3n) is 7.64. The van der Waals surface area contributed by atoms with Crippen molar-refractivity contribution in [3.63, 3.8) is 0 Å². The van der Waals surface area contributed by atoms with E-state index in [4.69, 9.17) is 9.47 Å². The maximum atomic E-state index is 6.13. The van der Waals surface area contributed by atoms with E-state index in [9.17, 15) is 0 Å². The third kappa shape index (κ3) is 6.23. The van der Waals surface area contributed by atoms with E-state index in [0.717, 1.165) is 24.9 Å². The Kier molecular flexibility index (Phi) is 8.82. The Bertz CT molecular complexity index is 779. The van der Waals surface area contributed by atoms with Gasteiger partial charge in [-0.05, 0) is 66.2 Å². The van der Waals surface area contributed by atoms with Gasteiger partial charge in [-0.1, -0.05) is 94.5 Å². The lowest BCUT2D eigenvalue weighted by molar-refractivity contribution is -0.137. The summed E-state index contributed by atoms with van der Waals surface area (Å²) in [6, 6.07) is 18.2. The highest BCUT2D eigenvalue weighted by molar-refractivity contribution is 5.64. The molecule has 2 heteroatoms. The van der Waals surface area contributed by atoms with Gasteiger partial charge in [0.25, 0.3) is 0 Å². The standard InChI is InChI=1S/C30H42O2/c1-3-5-6-8-29-21-32-30(22-31-29)28-19-17-27(18-20-28)26-15-13-25(14-16-26)24-11-9-23(7-4-2)10-12-24/h13-20,23-24,29-30H,3-12,21-22H2,1-2H3/t23-,24-,29-,30-/m1/s1. The molecule has 0 spiro atoms. The Hall–Kier alpha value is -1.64. The summed E-state index contributed by atoms with van der Waals surface area (Å²) in [6.07, 6.45) is 13.5. The Morgan fingerprint density at radius 1 is 0.656 bits per heavy atom. The van der Waals surface area contributed by atoms with Crippen LogP contribution in [0.1, 0.15) is 101 Å². The Balaban J connectivity index is 1.29. The number of hydrogen-bond acceptors (Lipinski definition) is 2. The van der Waals surface area contributed by atoms with Gasteiger partial charge in [-0.25, -0.2) is 0 Å². The molecule has 0 N–H and O–H groups in total. The molecular weight excluding hydrogens is 392 g/mol. The maximum Gasteiger partial charge on any atom is 0.106 e. The summed E-state index contributed by atoms with van der Waals surface area (Å²) in [5, 5.41) is 0. The predicted molar refractivity (Wildman–Crippen MR) is 134 cm³/mol. The molecule has 0 aromatic heterocycles. The van der Waals surface area contributed by atoms with Crippen LogP contribution in [-0.2, 0) is 9.47 Å². The molecule has 0 amide bonds. The normalized spacial score (nSPS) is 26.2. The SMILES string of the molecule is CCCCC[C@@H]1CO[C@@H](c2ccc(-c3ccc([C@H]4CC[C@H](CCC)CC4)cc3)cc2)CO1. The average Bonchev–Trinajstić information content (AvgIpc) is 2.86. The summed E-state index contributed by atoms with van der Waals surface area (Å²) in [5.74, 6) is 1.73. The number of unbranched alkanes of at least 4 members (excludes halogenated alkanes) is 2. The molecule has 4 rings (SSSR count). The van der Waals surface area contributed by atoms with E-state index < -0.39 is 0 Å². The highest BCUT2D eigenvalue weighted by Crippen LogP contribution is 2.38. The molecule has 2 fully saturated rings. The first-order chi connectivity index (χ1) is 15.8. The molecule has 2 aromatic carbocycles. The Morgan fingerprint density at radius 2 is 1.31 bits per heavy atom. The van der Waals surface area contributed by atoms with Crippen molar-refractivity contribution >= 4 is 0 Å². The molecule has 32 heavy (non-hydrogen) atoms. The first-order valence-corrected chi connectivity index (χ1v) is 13.2. The van der Waals surface area contributed by atoms with E-state index in [1.807, 2.05) is 0 Å². The van der Waals surface area contributed by atoms with Gasteiger partial charge in [-0.3, -0.25) is 0 Å². The highest BCUT2D eigenvalue weighted by Gasteiger charge is 2.24. The van der Waals surface area contributed by atoms with E-state index in [0.29, 0.717) is 6.61 Å². The van der Waals surface area contributed by atoms with E-state index in [1.54, 1.807) is 0 Å². The molecule has 1 heterocycles. The zero-order chi connectivity index (χ0) is 22.2. The van der Waals surface area contributed by atoms with Crippen LogP contribution in [-0.4, -0.2) is 19.3 Å². The first kappa shape index (κ1) is 23.5. The van der Waals surface area contributed by atoms with Crippen molar-refractivity contribution in [1.82, 2.24) is 0 Å². The molecule has 2 aromatic rings. The van der Waals surface area contributed by atoms with Crippen LogP contribution in [0.2, 0.25) is 0 Å². The summed E-state index contributed by atoms with van der Waals surface area (Å²) < 4.78 is 12.2. The molecule has 0 unspecified atom stereocenters. The van der Waals surface area contributed by atoms with Gasteiger partial charge in [0, 0.05) is 0 Å². The van der Waals surface area contributed by atoms with Gasteiger partial charge in [0.15, 0.2) is 0 Å². The van der Waals surface area contributed by atoms with Gasteiger partial charge in [0.1, 0.15) is 6.10 Å². The van der Waals surface area contributed by atoms with Crippen LogP contribution in [0.5, 0.6) is 0 Å². The first-order valence-electron chi connectivity index (χ1n) is 13.2. The second-order valence-corrected chi connectivity index (χ2v) is 10.0. The van der Waals surface area contributed by atoms with Crippen molar-refractivity contribution in [2.24, 2.45) is 5.92 Å². The molecule has 1 aliphatic heterocycles. The van der Waals surface area contributed by atoms with E-state index in [-0.39, 0.29) is 12.2 Å². The summed E-state index contributed by atoms with van der Waals surface area (Å²) >= 11 is 0. The van der Waals surface area contributed by atoms with Crippen LogP contribution < -0.4 is 0 Å². The summed E-state index contributed by atoms with van der Waals surface area (Å²) in [5.41, 5.74) is 5.33. The van der Waals surface area contributed by atoms with Crippen molar-refractivity contribution in [3.8, 4) is 11.1 Å². The molecule has 2 nitrogen and oxygen atoms in total. The lowest BCUT2D eigenvalue weighted by atomic mass is 9.77. The lowest BCUT2D eigenvalue weighted by Crippen LogP contribution is -2.31. The highest BCUT2D eigenvalue weighted by atomic mass is 16.6. The average molecular weight is 435 g/mol. The Morgan fingerprint density at radius 3 is 1.88 bits per heavy atom. The number of benzene rings is 2. The molecule has 1 saturated heterocycles. The minimum atomic E-state index is 0.0664.